The second kappa shape index (κ2) is 6.34. The van der Waals surface area contributed by atoms with Crippen LogP contribution >= 0.6 is 11.8 Å². The Hall–Kier alpha value is -2.07. The third-order valence-corrected chi connectivity index (χ3v) is 6.47. The summed E-state index contributed by atoms with van der Waals surface area (Å²) in [5, 5.41) is 0. The van der Waals surface area contributed by atoms with Crippen LogP contribution in [-0.4, -0.2) is 18.4 Å². The topological polar surface area (TPSA) is 43.4 Å². The smallest absolute Gasteiger partial charge is 0.320 e. The van der Waals surface area contributed by atoms with Crippen LogP contribution in [0.2, 0.25) is 0 Å². The molecule has 25 heavy (non-hydrogen) atoms. The molecule has 3 nitrogen and oxygen atoms in total. The van der Waals surface area contributed by atoms with Gasteiger partial charge >= 0.3 is 5.97 Å². The number of fused-ring (bicyclic) bond motifs is 2. The van der Waals surface area contributed by atoms with Crippen molar-refractivity contribution < 1.29 is 14.3 Å². The Labute approximate surface area is 151 Å². The first kappa shape index (κ1) is 16.4. The van der Waals surface area contributed by atoms with Crippen LogP contribution < -0.4 is 0 Å². The molecule has 128 valence electrons. The lowest BCUT2D eigenvalue weighted by Crippen LogP contribution is -2.43. The van der Waals surface area contributed by atoms with Crippen LogP contribution in [0.15, 0.2) is 58.3 Å². The molecular weight excluding hydrogens is 332 g/mol. The summed E-state index contributed by atoms with van der Waals surface area (Å²) in [5.41, 5.74) is 1.03. The van der Waals surface area contributed by atoms with Crippen molar-refractivity contribution in [2.45, 2.75) is 41.9 Å². The zero-order valence-electron chi connectivity index (χ0n) is 14.2. The van der Waals surface area contributed by atoms with Gasteiger partial charge in [0.05, 0.1) is 6.61 Å². The van der Waals surface area contributed by atoms with Crippen molar-refractivity contribution in [2.24, 2.45) is 5.41 Å². The average Bonchev–Trinajstić information content (AvgIpc) is 3.02. The highest BCUT2D eigenvalue weighted by Crippen LogP contribution is 2.57. The van der Waals surface area contributed by atoms with Gasteiger partial charge in [-0.25, -0.2) is 0 Å². The molecule has 0 aromatic heterocycles. The van der Waals surface area contributed by atoms with Gasteiger partial charge in [0.15, 0.2) is 5.78 Å². The van der Waals surface area contributed by atoms with Crippen LogP contribution in [-0.2, 0) is 14.3 Å². The van der Waals surface area contributed by atoms with E-state index in [0.717, 1.165) is 27.3 Å². The Morgan fingerprint density at radius 1 is 1.12 bits per heavy atom. The Morgan fingerprint density at radius 2 is 1.72 bits per heavy atom. The number of carbonyl (C=O) groups is 2. The molecule has 1 aliphatic heterocycles. The highest BCUT2D eigenvalue weighted by Gasteiger charge is 2.57. The number of carbonyl (C=O) groups excluding carboxylic acids is 2. The first-order chi connectivity index (χ1) is 12.2. The fraction of sp³-hybridized carbons (Fsp3) is 0.333. The van der Waals surface area contributed by atoms with E-state index in [9.17, 15) is 9.59 Å². The van der Waals surface area contributed by atoms with E-state index in [2.05, 4.69) is 24.3 Å². The molecule has 4 rings (SSSR count). The maximum absolute atomic E-state index is 13.0. The number of ether oxygens (including phenoxy) is 1. The highest BCUT2D eigenvalue weighted by atomic mass is 32.2. The number of ketones is 1. The predicted octanol–water partition coefficient (Wildman–Crippen LogP) is 4.59. The minimum atomic E-state index is -1.09. The first-order valence-electron chi connectivity index (χ1n) is 8.74. The molecule has 2 aromatic rings. The van der Waals surface area contributed by atoms with E-state index < -0.39 is 5.41 Å². The van der Waals surface area contributed by atoms with Crippen LogP contribution in [0.5, 0.6) is 0 Å². The van der Waals surface area contributed by atoms with Gasteiger partial charge in [0.2, 0.25) is 0 Å². The first-order valence-corrected chi connectivity index (χ1v) is 9.56. The summed E-state index contributed by atoms with van der Waals surface area (Å²) < 4.78 is 5.42. The number of rotatable bonds is 3. The largest absolute Gasteiger partial charge is 0.465 e. The van der Waals surface area contributed by atoms with E-state index in [1.807, 2.05) is 24.3 Å². The fourth-order valence-electron chi connectivity index (χ4n) is 4.23. The van der Waals surface area contributed by atoms with Crippen molar-refractivity contribution in [3.05, 3.63) is 59.7 Å². The lowest BCUT2D eigenvalue weighted by atomic mass is 9.66. The van der Waals surface area contributed by atoms with E-state index in [-0.39, 0.29) is 17.7 Å². The molecule has 1 unspecified atom stereocenters. The van der Waals surface area contributed by atoms with Gasteiger partial charge in [-0.3, -0.25) is 9.59 Å². The third-order valence-electron chi connectivity index (χ3n) is 5.28. The number of esters is 1. The Kier molecular flexibility index (Phi) is 4.16. The Balaban J connectivity index is 1.96. The van der Waals surface area contributed by atoms with Gasteiger partial charge in [0.1, 0.15) is 5.41 Å². The van der Waals surface area contributed by atoms with E-state index in [0.29, 0.717) is 19.4 Å². The third kappa shape index (κ3) is 2.43. The molecule has 4 heteroatoms. The molecule has 0 bridgehead atoms. The number of Topliss-reactive ketones (excluding diaryl/α,β-unsaturated/α-hetero) is 1. The summed E-state index contributed by atoms with van der Waals surface area (Å²) in [5.74, 6) is -0.610. The molecule has 0 spiro atoms. The van der Waals surface area contributed by atoms with Crippen molar-refractivity contribution in [3.8, 4) is 0 Å². The molecule has 1 atom stereocenters. The van der Waals surface area contributed by atoms with Crippen molar-refractivity contribution >= 4 is 23.5 Å². The molecule has 1 aliphatic carbocycles. The number of hydrogen-bond acceptors (Lipinski definition) is 4. The second-order valence-electron chi connectivity index (χ2n) is 6.58. The quantitative estimate of drug-likeness (QED) is 0.599. The molecular formula is C21H20O3S. The maximum atomic E-state index is 13.0. The summed E-state index contributed by atoms with van der Waals surface area (Å²) in [6.07, 6.45) is 1.75. The van der Waals surface area contributed by atoms with Gasteiger partial charge in [0.25, 0.3) is 0 Å². The van der Waals surface area contributed by atoms with Gasteiger partial charge in [-0.15, -0.1) is 0 Å². The van der Waals surface area contributed by atoms with Gasteiger partial charge < -0.3 is 4.74 Å². The van der Waals surface area contributed by atoms with Gasteiger partial charge in [-0.1, -0.05) is 48.2 Å². The van der Waals surface area contributed by atoms with Gasteiger partial charge in [-0.05, 0) is 43.0 Å². The van der Waals surface area contributed by atoms with Crippen LogP contribution in [0.1, 0.15) is 43.2 Å². The van der Waals surface area contributed by atoms with E-state index >= 15 is 0 Å². The maximum Gasteiger partial charge on any atom is 0.320 e. The summed E-state index contributed by atoms with van der Waals surface area (Å²) in [7, 11) is 0. The monoisotopic (exact) mass is 352 g/mol. The normalized spacial score (nSPS) is 22.4. The van der Waals surface area contributed by atoms with Crippen LogP contribution in [0.4, 0.5) is 0 Å². The minimum Gasteiger partial charge on any atom is -0.465 e. The van der Waals surface area contributed by atoms with Crippen LogP contribution in [0.25, 0.3) is 0 Å². The highest BCUT2D eigenvalue weighted by molar-refractivity contribution is 7.99. The summed E-state index contributed by atoms with van der Waals surface area (Å²) in [6, 6.07) is 16.2. The molecule has 1 saturated carbocycles. The van der Waals surface area contributed by atoms with Crippen molar-refractivity contribution in [1.82, 2.24) is 0 Å². The molecule has 0 amide bonds. The van der Waals surface area contributed by atoms with Crippen LogP contribution in [0, 0.1) is 5.41 Å². The van der Waals surface area contributed by atoms with E-state index in [4.69, 9.17) is 4.74 Å². The SMILES string of the molecule is CCOC(=O)C1(C2c3ccccc3Sc3ccccc32)CCCC1=O. The summed E-state index contributed by atoms with van der Waals surface area (Å²) in [4.78, 5) is 28.3. The van der Waals surface area contributed by atoms with E-state index in [1.165, 1.54) is 0 Å². The van der Waals surface area contributed by atoms with Crippen LogP contribution in [0.3, 0.4) is 0 Å². The Morgan fingerprint density at radius 3 is 2.24 bits per heavy atom. The summed E-state index contributed by atoms with van der Waals surface area (Å²) >= 11 is 1.71. The molecule has 1 fully saturated rings. The predicted molar refractivity (Wildman–Crippen MR) is 96.8 cm³/mol. The zero-order chi connectivity index (χ0) is 17.4. The van der Waals surface area contributed by atoms with Gasteiger partial charge in [0, 0.05) is 22.1 Å². The molecule has 2 aliphatic rings. The van der Waals surface area contributed by atoms with E-state index in [1.54, 1.807) is 18.7 Å². The molecule has 0 N–H and O–H groups in total. The molecule has 2 aromatic carbocycles. The summed E-state index contributed by atoms with van der Waals surface area (Å²) in [6.45, 7) is 2.09. The zero-order valence-corrected chi connectivity index (χ0v) is 15.0. The van der Waals surface area contributed by atoms with Crippen molar-refractivity contribution in [1.29, 1.82) is 0 Å². The number of benzene rings is 2. The minimum absolute atomic E-state index is 0.0208. The Bertz CT molecular complexity index is 799. The van der Waals surface area contributed by atoms with Crippen molar-refractivity contribution in [2.75, 3.05) is 6.61 Å². The average molecular weight is 352 g/mol. The lowest BCUT2D eigenvalue weighted by Gasteiger charge is -2.38. The fourth-order valence-corrected chi connectivity index (χ4v) is 5.37. The van der Waals surface area contributed by atoms with Crippen molar-refractivity contribution in [3.63, 3.8) is 0 Å². The molecule has 0 radical (unpaired) electrons. The standard InChI is InChI=1S/C21H20O3S/c1-2-24-20(23)21(13-7-12-18(21)22)19-14-8-3-5-10-16(14)25-17-11-6-4-9-15(17)19/h3-6,8-11,19H,2,7,12-13H2,1H3. The lowest BCUT2D eigenvalue weighted by molar-refractivity contribution is -0.159. The second-order valence-corrected chi connectivity index (χ2v) is 7.66. The van der Waals surface area contributed by atoms with Gasteiger partial charge in [-0.2, -0.15) is 0 Å². The molecule has 0 saturated heterocycles. The molecule has 1 heterocycles. The number of hydrogen-bond donors (Lipinski definition) is 0.